The Balaban J connectivity index is 2.39. The van der Waals surface area contributed by atoms with Crippen molar-refractivity contribution in [3.63, 3.8) is 0 Å². The molecule has 0 heterocycles. The largest absolute Gasteiger partial charge is 0.384 e. The second-order valence-electron chi connectivity index (χ2n) is 3.49. The number of ether oxygens (including phenoxy) is 1. The lowest BCUT2D eigenvalue weighted by atomic mass is 9.88. The van der Waals surface area contributed by atoms with Gasteiger partial charge in [0, 0.05) is 17.9 Å². The van der Waals surface area contributed by atoms with Gasteiger partial charge in [0.1, 0.15) is 0 Å². The summed E-state index contributed by atoms with van der Waals surface area (Å²) in [6, 6.07) is 0. The highest BCUT2D eigenvalue weighted by atomic mass is 79.9. The lowest BCUT2D eigenvalue weighted by Gasteiger charge is -2.25. The molecule has 0 saturated heterocycles. The van der Waals surface area contributed by atoms with E-state index in [0.29, 0.717) is 5.41 Å². The number of methoxy groups -OCH3 is 1. The molecule has 1 saturated carbocycles. The first-order valence-corrected chi connectivity index (χ1v) is 4.90. The molecule has 0 aromatic heterocycles. The van der Waals surface area contributed by atoms with Crippen molar-refractivity contribution in [1.29, 1.82) is 0 Å². The first-order chi connectivity index (χ1) is 4.73. The Morgan fingerprint density at radius 2 is 2.20 bits per heavy atom. The van der Waals surface area contributed by atoms with Crippen LogP contribution >= 0.6 is 15.9 Å². The summed E-state index contributed by atoms with van der Waals surface area (Å²) in [5, 5.41) is 1.07. The van der Waals surface area contributed by atoms with Crippen molar-refractivity contribution in [3.05, 3.63) is 0 Å². The van der Waals surface area contributed by atoms with Gasteiger partial charge in [0.25, 0.3) is 0 Å². The highest BCUT2D eigenvalue weighted by Crippen LogP contribution is 2.46. The maximum Gasteiger partial charge on any atom is 0.0526 e. The fourth-order valence-corrected chi connectivity index (χ4v) is 2.00. The van der Waals surface area contributed by atoms with Gasteiger partial charge in [-0.2, -0.15) is 0 Å². The van der Waals surface area contributed by atoms with Gasteiger partial charge in [-0.25, -0.2) is 0 Å². The quantitative estimate of drug-likeness (QED) is 0.643. The van der Waals surface area contributed by atoms with E-state index in [1.165, 1.54) is 12.8 Å². The molecule has 2 heteroatoms. The summed E-state index contributed by atoms with van der Waals surface area (Å²) in [7, 11) is 1.78. The molecule has 0 bridgehead atoms. The zero-order chi connectivity index (χ0) is 7.61. The molecule has 0 amide bonds. The van der Waals surface area contributed by atoms with Crippen LogP contribution in [0.4, 0.5) is 0 Å². The van der Waals surface area contributed by atoms with Crippen molar-refractivity contribution in [1.82, 2.24) is 0 Å². The third kappa shape index (κ3) is 1.73. The second-order valence-corrected chi connectivity index (χ2v) is 4.06. The zero-order valence-electron chi connectivity index (χ0n) is 6.69. The smallest absolute Gasteiger partial charge is 0.0526 e. The summed E-state index contributed by atoms with van der Waals surface area (Å²) in [5.74, 6) is 0.909. The predicted molar refractivity (Wildman–Crippen MR) is 46.5 cm³/mol. The van der Waals surface area contributed by atoms with Gasteiger partial charge in [0.05, 0.1) is 6.61 Å². The molecule has 1 aliphatic carbocycles. The van der Waals surface area contributed by atoms with Gasteiger partial charge in [0.2, 0.25) is 0 Å². The monoisotopic (exact) mass is 206 g/mol. The molecule has 1 fully saturated rings. The molecular weight excluding hydrogens is 192 g/mol. The summed E-state index contributed by atoms with van der Waals surface area (Å²) >= 11 is 3.53. The summed E-state index contributed by atoms with van der Waals surface area (Å²) < 4.78 is 5.17. The standard InChI is InChI=1S/C8H15BrO/c1-8(5-9,6-10-2)7-3-4-7/h7H,3-6H2,1-2H3. The van der Waals surface area contributed by atoms with Crippen LogP contribution in [-0.2, 0) is 4.74 Å². The maximum atomic E-state index is 5.17. The van der Waals surface area contributed by atoms with Gasteiger partial charge in [0.15, 0.2) is 0 Å². The van der Waals surface area contributed by atoms with Crippen LogP contribution in [0.1, 0.15) is 19.8 Å². The molecule has 0 aromatic rings. The Hall–Kier alpha value is 0.440. The van der Waals surface area contributed by atoms with E-state index < -0.39 is 0 Å². The van der Waals surface area contributed by atoms with Crippen LogP contribution in [-0.4, -0.2) is 19.0 Å². The minimum absolute atomic E-state index is 0.398. The van der Waals surface area contributed by atoms with Gasteiger partial charge in [-0.3, -0.25) is 0 Å². The van der Waals surface area contributed by atoms with Crippen molar-refractivity contribution < 1.29 is 4.74 Å². The van der Waals surface area contributed by atoms with Crippen LogP contribution in [0.2, 0.25) is 0 Å². The van der Waals surface area contributed by atoms with E-state index in [0.717, 1.165) is 17.9 Å². The van der Waals surface area contributed by atoms with E-state index in [-0.39, 0.29) is 0 Å². The van der Waals surface area contributed by atoms with E-state index in [1.807, 2.05) is 0 Å². The SMILES string of the molecule is COCC(C)(CBr)C1CC1. The average molecular weight is 207 g/mol. The molecule has 0 radical (unpaired) electrons. The minimum atomic E-state index is 0.398. The summed E-state index contributed by atoms with van der Waals surface area (Å²) in [6.45, 7) is 3.19. The zero-order valence-corrected chi connectivity index (χ0v) is 8.28. The van der Waals surface area contributed by atoms with Crippen LogP contribution < -0.4 is 0 Å². The Kier molecular flexibility index (Phi) is 2.75. The highest BCUT2D eigenvalue weighted by molar-refractivity contribution is 9.09. The fraction of sp³-hybridized carbons (Fsp3) is 1.00. The second kappa shape index (κ2) is 3.22. The molecule has 1 nitrogen and oxygen atoms in total. The average Bonchev–Trinajstić information content (AvgIpc) is 2.69. The van der Waals surface area contributed by atoms with E-state index in [9.17, 15) is 0 Å². The first kappa shape index (κ1) is 8.54. The molecule has 0 N–H and O–H groups in total. The minimum Gasteiger partial charge on any atom is -0.384 e. The van der Waals surface area contributed by atoms with Gasteiger partial charge in [-0.05, 0) is 18.8 Å². The molecule has 60 valence electrons. The van der Waals surface area contributed by atoms with Crippen LogP contribution in [0.5, 0.6) is 0 Å². The van der Waals surface area contributed by atoms with E-state index in [1.54, 1.807) is 7.11 Å². The van der Waals surface area contributed by atoms with Crippen molar-refractivity contribution in [2.45, 2.75) is 19.8 Å². The van der Waals surface area contributed by atoms with Crippen LogP contribution in [0.3, 0.4) is 0 Å². The van der Waals surface area contributed by atoms with Crippen LogP contribution in [0.25, 0.3) is 0 Å². The Labute approximate surface area is 71.3 Å². The normalized spacial score (nSPS) is 24.3. The molecule has 10 heavy (non-hydrogen) atoms. The lowest BCUT2D eigenvalue weighted by Crippen LogP contribution is -2.26. The van der Waals surface area contributed by atoms with Crippen LogP contribution in [0.15, 0.2) is 0 Å². The van der Waals surface area contributed by atoms with Crippen molar-refractivity contribution >= 4 is 15.9 Å². The third-order valence-corrected chi connectivity index (χ3v) is 3.62. The number of alkyl halides is 1. The molecule has 0 aromatic carbocycles. The van der Waals surface area contributed by atoms with E-state index >= 15 is 0 Å². The van der Waals surface area contributed by atoms with Gasteiger partial charge in [-0.1, -0.05) is 22.9 Å². The molecular formula is C8H15BrO. The highest BCUT2D eigenvalue weighted by Gasteiger charge is 2.40. The maximum absolute atomic E-state index is 5.17. The molecule has 0 spiro atoms. The number of hydrogen-bond acceptors (Lipinski definition) is 1. The van der Waals surface area contributed by atoms with E-state index in [4.69, 9.17) is 4.74 Å². The number of halogens is 1. The summed E-state index contributed by atoms with van der Waals surface area (Å²) in [5.41, 5.74) is 0.398. The van der Waals surface area contributed by atoms with Crippen molar-refractivity contribution in [2.75, 3.05) is 19.0 Å². The van der Waals surface area contributed by atoms with Crippen molar-refractivity contribution in [2.24, 2.45) is 11.3 Å². The molecule has 1 rings (SSSR count). The molecule has 1 aliphatic rings. The number of rotatable bonds is 4. The summed E-state index contributed by atoms with van der Waals surface area (Å²) in [4.78, 5) is 0. The molecule has 1 atom stereocenters. The Bertz CT molecular complexity index is 112. The Morgan fingerprint density at radius 3 is 2.50 bits per heavy atom. The Morgan fingerprint density at radius 1 is 1.60 bits per heavy atom. The summed E-state index contributed by atoms with van der Waals surface area (Å²) in [6.07, 6.45) is 2.79. The van der Waals surface area contributed by atoms with Gasteiger partial charge in [-0.15, -0.1) is 0 Å². The topological polar surface area (TPSA) is 9.23 Å². The first-order valence-electron chi connectivity index (χ1n) is 3.78. The predicted octanol–water partition coefficient (Wildman–Crippen LogP) is 2.44. The van der Waals surface area contributed by atoms with Crippen LogP contribution in [0, 0.1) is 11.3 Å². The lowest BCUT2D eigenvalue weighted by molar-refractivity contribution is 0.0934. The van der Waals surface area contributed by atoms with Crippen molar-refractivity contribution in [3.8, 4) is 0 Å². The van der Waals surface area contributed by atoms with E-state index in [2.05, 4.69) is 22.9 Å². The van der Waals surface area contributed by atoms with Gasteiger partial charge < -0.3 is 4.74 Å². The molecule has 0 aliphatic heterocycles. The number of hydrogen-bond donors (Lipinski definition) is 0. The fourth-order valence-electron chi connectivity index (χ4n) is 1.38. The van der Waals surface area contributed by atoms with Gasteiger partial charge >= 0.3 is 0 Å². The molecule has 1 unspecified atom stereocenters. The third-order valence-electron chi connectivity index (χ3n) is 2.34.